The summed E-state index contributed by atoms with van der Waals surface area (Å²) in [5, 5.41) is 4.01. The minimum atomic E-state index is -0.520. The zero-order valence-corrected chi connectivity index (χ0v) is 18.7. The molecular weight excluding hydrogens is 370 g/mol. The number of nitrogens with zero attached hydrogens (tertiary/aromatic N) is 3. The number of esters is 1. The molecule has 7 nitrogen and oxygen atoms in total. The van der Waals surface area contributed by atoms with Crippen LogP contribution in [-0.2, 0) is 20.9 Å². The van der Waals surface area contributed by atoms with E-state index in [2.05, 4.69) is 10.1 Å². The molecule has 2 rings (SSSR count). The van der Waals surface area contributed by atoms with Crippen LogP contribution in [0.1, 0.15) is 103 Å². The summed E-state index contributed by atoms with van der Waals surface area (Å²) in [5.74, 6) is 1.26. The predicted octanol–water partition coefficient (Wildman–Crippen LogP) is 4.61. The number of rotatable bonds is 9. The van der Waals surface area contributed by atoms with E-state index in [0.717, 1.165) is 18.8 Å². The third-order valence-corrected chi connectivity index (χ3v) is 5.47. The van der Waals surface area contributed by atoms with Gasteiger partial charge in [-0.05, 0) is 33.1 Å². The van der Waals surface area contributed by atoms with Crippen molar-refractivity contribution in [2.75, 3.05) is 7.05 Å². The molecule has 0 aliphatic heterocycles. The largest absolute Gasteiger partial charge is 0.460 e. The first kappa shape index (κ1) is 23.4. The second-order valence-electron chi connectivity index (χ2n) is 9.35. The zero-order valence-electron chi connectivity index (χ0n) is 18.7. The van der Waals surface area contributed by atoms with Gasteiger partial charge in [-0.15, -0.1) is 0 Å². The van der Waals surface area contributed by atoms with Crippen LogP contribution in [0.5, 0.6) is 0 Å². The van der Waals surface area contributed by atoms with Crippen molar-refractivity contribution in [3.05, 3.63) is 11.7 Å². The molecule has 1 amide bonds. The summed E-state index contributed by atoms with van der Waals surface area (Å²) in [6, 6.07) is 0. The summed E-state index contributed by atoms with van der Waals surface area (Å²) in [4.78, 5) is 29.9. The Bertz CT molecular complexity index is 659. The smallest absolute Gasteiger partial charge is 0.307 e. The van der Waals surface area contributed by atoms with Gasteiger partial charge in [0.25, 0.3) is 0 Å². The van der Waals surface area contributed by atoms with Crippen LogP contribution in [0.2, 0.25) is 0 Å². The summed E-state index contributed by atoms with van der Waals surface area (Å²) < 4.78 is 11.0. The van der Waals surface area contributed by atoms with Crippen molar-refractivity contribution in [2.45, 2.75) is 104 Å². The van der Waals surface area contributed by atoms with Gasteiger partial charge in [0.15, 0.2) is 5.82 Å². The van der Waals surface area contributed by atoms with Crippen LogP contribution in [0.3, 0.4) is 0 Å². The van der Waals surface area contributed by atoms with Crippen LogP contribution in [0.4, 0.5) is 0 Å². The van der Waals surface area contributed by atoms with Crippen LogP contribution < -0.4 is 0 Å². The number of hydrogen-bond acceptors (Lipinski definition) is 6. The quantitative estimate of drug-likeness (QED) is 0.556. The molecule has 1 aliphatic carbocycles. The Labute approximate surface area is 174 Å². The van der Waals surface area contributed by atoms with Gasteiger partial charge in [0.2, 0.25) is 11.8 Å². The molecule has 164 valence electrons. The lowest BCUT2D eigenvalue weighted by molar-refractivity contribution is -0.155. The first-order valence-electron chi connectivity index (χ1n) is 10.9. The molecule has 29 heavy (non-hydrogen) atoms. The van der Waals surface area contributed by atoms with Gasteiger partial charge in [0.1, 0.15) is 5.60 Å². The Hall–Kier alpha value is -1.92. The molecule has 1 saturated carbocycles. The summed E-state index contributed by atoms with van der Waals surface area (Å²) in [6.45, 7) is 7.39. The van der Waals surface area contributed by atoms with E-state index in [-0.39, 0.29) is 24.2 Å². The summed E-state index contributed by atoms with van der Waals surface area (Å²) in [7, 11) is 1.70. The molecule has 1 atom stereocenters. The molecule has 0 N–H and O–H groups in total. The highest BCUT2D eigenvalue weighted by Crippen LogP contribution is 2.31. The molecule has 1 heterocycles. The summed E-state index contributed by atoms with van der Waals surface area (Å²) in [5.41, 5.74) is -0.520. The maximum Gasteiger partial charge on any atom is 0.307 e. The maximum atomic E-state index is 12.4. The van der Waals surface area contributed by atoms with Crippen molar-refractivity contribution in [3.63, 3.8) is 0 Å². The molecule has 0 aromatic carbocycles. The van der Waals surface area contributed by atoms with Crippen molar-refractivity contribution in [3.8, 4) is 0 Å². The van der Waals surface area contributed by atoms with E-state index >= 15 is 0 Å². The van der Waals surface area contributed by atoms with Crippen LogP contribution in [-0.4, -0.2) is 39.6 Å². The number of ether oxygens (including phenoxy) is 1. The molecule has 1 aromatic rings. The standard InChI is InChI=1S/C22H37N3O4/c1-16(26)25(5)15-19-23-21(29-24-19)18(14-20(27)28-22(2,3)4)13-9-12-17-10-7-6-8-11-17/h17-18H,6-15H2,1-5H3/t18-/m1/s1. The minimum Gasteiger partial charge on any atom is -0.460 e. The van der Waals surface area contributed by atoms with Crippen LogP contribution in [0, 0.1) is 5.92 Å². The summed E-state index contributed by atoms with van der Waals surface area (Å²) >= 11 is 0. The maximum absolute atomic E-state index is 12.4. The molecule has 1 fully saturated rings. The second kappa shape index (κ2) is 10.7. The van der Waals surface area contributed by atoms with Crippen molar-refractivity contribution in [1.29, 1.82) is 0 Å². The number of carbonyl (C=O) groups excluding carboxylic acids is 2. The van der Waals surface area contributed by atoms with Crippen molar-refractivity contribution < 1.29 is 18.8 Å². The normalized spacial score (nSPS) is 16.4. The van der Waals surface area contributed by atoms with Crippen LogP contribution in [0.25, 0.3) is 0 Å². The van der Waals surface area contributed by atoms with Gasteiger partial charge in [-0.25, -0.2) is 0 Å². The fourth-order valence-corrected chi connectivity index (χ4v) is 3.85. The molecular formula is C22H37N3O4. The first-order valence-corrected chi connectivity index (χ1v) is 10.9. The van der Waals surface area contributed by atoms with Crippen molar-refractivity contribution >= 4 is 11.9 Å². The minimum absolute atomic E-state index is 0.0610. The first-order chi connectivity index (χ1) is 13.6. The highest BCUT2D eigenvalue weighted by Gasteiger charge is 2.26. The lowest BCUT2D eigenvalue weighted by atomic mass is 9.84. The summed E-state index contributed by atoms with van der Waals surface area (Å²) in [6.07, 6.45) is 9.92. The number of amides is 1. The average molecular weight is 408 g/mol. The Balaban J connectivity index is 1.99. The molecule has 1 aromatic heterocycles. The Morgan fingerprint density at radius 1 is 1.24 bits per heavy atom. The lowest BCUT2D eigenvalue weighted by Gasteiger charge is -2.23. The van der Waals surface area contributed by atoms with Gasteiger partial charge in [-0.3, -0.25) is 9.59 Å². The van der Waals surface area contributed by atoms with Crippen molar-refractivity contribution in [1.82, 2.24) is 15.0 Å². The van der Waals surface area contributed by atoms with Gasteiger partial charge in [-0.1, -0.05) is 50.1 Å². The fraction of sp³-hybridized carbons (Fsp3) is 0.818. The van der Waals surface area contributed by atoms with Gasteiger partial charge in [0, 0.05) is 19.9 Å². The van der Waals surface area contributed by atoms with Gasteiger partial charge < -0.3 is 14.2 Å². The third-order valence-electron chi connectivity index (χ3n) is 5.47. The number of hydrogen-bond donors (Lipinski definition) is 0. The third kappa shape index (κ3) is 8.54. The fourth-order valence-electron chi connectivity index (χ4n) is 3.85. The van der Waals surface area contributed by atoms with E-state index in [4.69, 9.17) is 9.26 Å². The SMILES string of the molecule is CC(=O)N(C)Cc1noc([C@H](CCCC2CCCCC2)CC(=O)OC(C)(C)C)n1. The highest BCUT2D eigenvalue weighted by atomic mass is 16.6. The Kier molecular flexibility index (Phi) is 8.65. The van der Waals surface area contributed by atoms with Gasteiger partial charge >= 0.3 is 5.97 Å². The van der Waals surface area contributed by atoms with Crippen molar-refractivity contribution in [2.24, 2.45) is 5.92 Å². The molecule has 1 aliphatic rings. The highest BCUT2D eigenvalue weighted by molar-refractivity contribution is 5.72. The Morgan fingerprint density at radius 3 is 2.55 bits per heavy atom. The topological polar surface area (TPSA) is 85.5 Å². The molecule has 7 heteroatoms. The van der Waals surface area contributed by atoms with E-state index in [1.54, 1.807) is 7.05 Å². The number of aromatic nitrogens is 2. The zero-order chi connectivity index (χ0) is 21.4. The van der Waals surface area contributed by atoms with Crippen LogP contribution in [0.15, 0.2) is 4.52 Å². The van der Waals surface area contributed by atoms with Gasteiger partial charge in [-0.2, -0.15) is 4.98 Å². The lowest BCUT2D eigenvalue weighted by Crippen LogP contribution is -2.25. The average Bonchev–Trinajstić information content (AvgIpc) is 3.08. The number of carbonyl (C=O) groups is 2. The van der Waals surface area contributed by atoms with Gasteiger partial charge in [0.05, 0.1) is 13.0 Å². The molecule has 0 saturated heterocycles. The van der Waals surface area contributed by atoms with E-state index in [9.17, 15) is 9.59 Å². The van der Waals surface area contributed by atoms with Crippen LogP contribution >= 0.6 is 0 Å². The second-order valence-corrected chi connectivity index (χ2v) is 9.35. The molecule has 0 radical (unpaired) electrons. The monoisotopic (exact) mass is 407 g/mol. The molecule has 0 spiro atoms. The van der Waals surface area contributed by atoms with E-state index in [1.807, 2.05) is 20.8 Å². The predicted molar refractivity (Wildman–Crippen MR) is 110 cm³/mol. The van der Waals surface area contributed by atoms with E-state index in [1.165, 1.54) is 50.3 Å². The van der Waals surface area contributed by atoms with E-state index < -0.39 is 5.60 Å². The Morgan fingerprint density at radius 2 is 1.93 bits per heavy atom. The molecule has 0 unspecified atom stereocenters. The van der Waals surface area contributed by atoms with E-state index in [0.29, 0.717) is 18.3 Å². The molecule has 0 bridgehead atoms.